The molecule has 0 aliphatic carbocycles. The standard InChI is InChI=1S/C14H21NO/c1-4-9-15-10-13(3)11-16-14-7-5-12(2)6-8-14/h5-8,15H,3-4,9-11H2,1-2H3. The molecule has 0 aromatic heterocycles. The van der Waals surface area contributed by atoms with Crippen LogP contribution in [0.5, 0.6) is 5.75 Å². The van der Waals surface area contributed by atoms with E-state index in [9.17, 15) is 0 Å². The lowest BCUT2D eigenvalue weighted by Crippen LogP contribution is -2.20. The van der Waals surface area contributed by atoms with Gasteiger partial charge in [-0.25, -0.2) is 0 Å². The van der Waals surface area contributed by atoms with E-state index in [1.54, 1.807) is 0 Å². The van der Waals surface area contributed by atoms with Crippen LogP contribution < -0.4 is 10.1 Å². The van der Waals surface area contributed by atoms with Crippen molar-refractivity contribution in [1.82, 2.24) is 5.32 Å². The van der Waals surface area contributed by atoms with Crippen LogP contribution >= 0.6 is 0 Å². The molecule has 2 nitrogen and oxygen atoms in total. The highest BCUT2D eigenvalue weighted by Crippen LogP contribution is 2.11. The first-order valence-electron chi connectivity index (χ1n) is 5.79. The molecule has 0 unspecified atom stereocenters. The van der Waals surface area contributed by atoms with Crippen molar-refractivity contribution >= 4 is 0 Å². The average molecular weight is 219 g/mol. The minimum Gasteiger partial charge on any atom is -0.489 e. The quantitative estimate of drug-likeness (QED) is 0.562. The van der Waals surface area contributed by atoms with Gasteiger partial charge in [0.25, 0.3) is 0 Å². The molecular formula is C14H21NO. The maximum absolute atomic E-state index is 5.61. The molecule has 1 aromatic carbocycles. The molecule has 0 spiro atoms. The van der Waals surface area contributed by atoms with Gasteiger partial charge in [0, 0.05) is 6.54 Å². The number of benzene rings is 1. The Bertz CT molecular complexity index is 316. The minimum absolute atomic E-state index is 0.583. The van der Waals surface area contributed by atoms with Crippen LogP contribution in [0.15, 0.2) is 36.4 Å². The molecular weight excluding hydrogens is 198 g/mol. The molecule has 88 valence electrons. The fourth-order valence-corrected chi connectivity index (χ4v) is 1.31. The van der Waals surface area contributed by atoms with E-state index in [-0.39, 0.29) is 0 Å². The Hall–Kier alpha value is -1.28. The zero-order chi connectivity index (χ0) is 11.8. The van der Waals surface area contributed by atoms with E-state index in [0.717, 1.165) is 30.8 Å². The van der Waals surface area contributed by atoms with Crippen molar-refractivity contribution in [2.75, 3.05) is 19.7 Å². The van der Waals surface area contributed by atoms with Gasteiger partial charge in [0.2, 0.25) is 0 Å². The Balaban J connectivity index is 2.23. The number of ether oxygens (including phenoxy) is 1. The Kier molecular flexibility index (Phi) is 5.65. The van der Waals surface area contributed by atoms with Gasteiger partial charge in [-0.05, 0) is 37.6 Å². The van der Waals surface area contributed by atoms with Crippen LogP contribution in [0, 0.1) is 6.92 Å². The lowest BCUT2D eigenvalue weighted by molar-refractivity contribution is 0.348. The maximum Gasteiger partial charge on any atom is 0.119 e. The normalized spacial score (nSPS) is 10.1. The van der Waals surface area contributed by atoms with Crippen LogP contribution in [0.4, 0.5) is 0 Å². The van der Waals surface area contributed by atoms with Crippen molar-refractivity contribution in [2.24, 2.45) is 0 Å². The first kappa shape index (κ1) is 12.8. The number of rotatable bonds is 7. The fraction of sp³-hybridized carbons (Fsp3) is 0.429. The molecule has 0 radical (unpaired) electrons. The number of hydrogen-bond acceptors (Lipinski definition) is 2. The molecule has 0 aliphatic heterocycles. The van der Waals surface area contributed by atoms with Gasteiger partial charge < -0.3 is 10.1 Å². The molecule has 0 amide bonds. The predicted molar refractivity (Wildman–Crippen MR) is 69.0 cm³/mol. The zero-order valence-electron chi connectivity index (χ0n) is 10.3. The monoisotopic (exact) mass is 219 g/mol. The fourth-order valence-electron chi connectivity index (χ4n) is 1.31. The first-order chi connectivity index (χ1) is 7.72. The van der Waals surface area contributed by atoms with Gasteiger partial charge in [-0.15, -0.1) is 0 Å². The highest BCUT2D eigenvalue weighted by Gasteiger charge is 1.96. The van der Waals surface area contributed by atoms with Gasteiger partial charge in [-0.1, -0.05) is 31.2 Å². The molecule has 0 saturated carbocycles. The second-order valence-corrected chi connectivity index (χ2v) is 4.03. The molecule has 1 aromatic rings. The van der Waals surface area contributed by atoms with E-state index in [1.165, 1.54) is 5.56 Å². The third-order valence-corrected chi connectivity index (χ3v) is 2.27. The highest BCUT2D eigenvalue weighted by molar-refractivity contribution is 5.26. The molecule has 0 atom stereocenters. The summed E-state index contributed by atoms with van der Waals surface area (Å²) in [5.74, 6) is 0.905. The zero-order valence-corrected chi connectivity index (χ0v) is 10.3. The summed E-state index contributed by atoms with van der Waals surface area (Å²) in [6.07, 6.45) is 1.14. The molecule has 1 rings (SSSR count). The van der Waals surface area contributed by atoms with Crippen molar-refractivity contribution in [3.63, 3.8) is 0 Å². The summed E-state index contributed by atoms with van der Waals surface area (Å²) in [6.45, 7) is 10.6. The Morgan fingerprint density at radius 3 is 2.62 bits per heavy atom. The van der Waals surface area contributed by atoms with E-state index >= 15 is 0 Å². The van der Waals surface area contributed by atoms with E-state index in [0.29, 0.717) is 6.61 Å². The predicted octanol–water partition coefficient (Wildman–Crippen LogP) is 2.93. The van der Waals surface area contributed by atoms with Crippen molar-refractivity contribution in [3.8, 4) is 5.75 Å². The van der Waals surface area contributed by atoms with Crippen molar-refractivity contribution < 1.29 is 4.74 Å². The van der Waals surface area contributed by atoms with Crippen molar-refractivity contribution in [3.05, 3.63) is 42.0 Å². The van der Waals surface area contributed by atoms with Crippen LogP contribution in [0.2, 0.25) is 0 Å². The summed E-state index contributed by atoms with van der Waals surface area (Å²) in [4.78, 5) is 0. The lowest BCUT2D eigenvalue weighted by atomic mass is 10.2. The smallest absolute Gasteiger partial charge is 0.119 e. The summed E-state index contributed by atoms with van der Waals surface area (Å²) in [5, 5.41) is 3.30. The average Bonchev–Trinajstić information content (AvgIpc) is 2.29. The van der Waals surface area contributed by atoms with E-state index in [1.807, 2.05) is 24.3 Å². The van der Waals surface area contributed by atoms with Crippen molar-refractivity contribution in [1.29, 1.82) is 0 Å². The number of nitrogens with one attached hydrogen (secondary N) is 1. The summed E-state index contributed by atoms with van der Waals surface area (Å²) in [5.41, 5.74) is 2.32. The molecule has 2 heteroatoms. The summed E-state index contributed by atoms with van der Waals surface area (Å²) in [7, 11) is 0. The van der Waals surface area contributed by atoms with Crippen molar-refractivity contribution in [2.45, 2.75) is 20.3 Å². The van der Waals surface area contributed by atoms with Crippen LogP contribution in [-0.4, -0.2) is 19.7 Å². The molecule has 0 bridgehead atoms. The van der Waals surface area contributed by atoms with Gasteiger partial charge >= 0.3 is 0 Å². The molecule has 0 aliphatic rings. The van der Waals surface area contributed by atoms with Gasteiger partial charge in [-0.2, -0.15) is 0 Å². The van der Waals surface area contributed by atoms with Gasteiger partial charge in [0.1, 0.15) is 12.4 Å². The van der Waals surface area contributed by atoms with Gasteiger partial charge in [0.15, 0.2) is 0 Å². The highest BCUT2D eigenvalue weighted by atomic mass is 16.5. The summed E-state index contributed by atoms with van der Waals surface area (Å²) >= 11 is 0. The summed E-state index contributed by atoms with van der Waals surface area (Å²) < 4.78 is 5.61. The summed E-state index contributed by atoms with van der Waals surface area (Å²) in [6, 6.07) is 8.07. The molecule has 0 heterocycles. The van der Waals surface area contributed by atoms with Crippen LogP contribution in [0.25, 0.3) is 0 Å². The van der Waals surface area contributed by atoms with E-state index < -0.39 is 0 Å². The Morgan fingerprint density at radius 1 is 1.31 bits per heavy atom. The Morgan fingerprint density at radius 2 is 2.00 bits per heavy atom. The minimum atomic E-state index is 0.583. The van der Waals surface area contributed by atoms with E-state index in [2.05, 4.69) is 25.7 Å². The van der Waals surface area contributed by atoms with Crippen LogP contribution in [0.1, 0.15) is 18.9 Å². The topological polar surface area (TPSA) is 21.3 Å². The van der Waals surface area contributed by atoms with Gasteiger partial charge in [0.05, 0.1) is 0 Å². The number of aryl methyl sites for hydroxylation is 1. The molecule has 1 N–H and O–H groups in total. The number of hydrogen-bond donors (Lipinski definition) is 1. The van der Waals surface area contributed by atoms with Crippen LogP contribution in [-0.2, 0) is 0 Å². The lowest BCUT2D eigenvalue weighted by Gasteiger charge is -2.09. The van der Waals surface area contributed by atoms with Crippen LogP contribution in [0.3, 0.4) is 0 Å². The maximum atomic E-state index is 5.61. The van der Waals surface area contributed by atoms with Gasteiger partial charge in [-0.3, -0.25) is 0 Å². The molecule has 0 fully saturated rings. The largest absolute Gasteiger partial charge is 0.489 e. The Labute approximate surface area is 98.3 Å². The molecule has 0 saturated heterocycles. The second kappa shape index (κ2) is 7.07. The third-order valence-electron chi connectivity index (χ3n) is 2.27. The molecule has 16 heavy (non-hydrogen) atoms. The SMILES string of the molecule is C=C(CNCCC)COc1ccc(C)cc1. The first-order valence-corrected chi connectivity index (χ1v) is 5.79. The van der Waals surface area contributed by atoms with E-state index in [4.69, 9.17) is 4.74 Å². The second-order valence-electron chi connectivity index (χ2n) is 4.03. The third kappa shape index (κ3) is 4.99.